The van der Waals surface area contributed by atoms with Gasteiger partial charge in [0.15, 0.2) is 6.10 Å². The van der Waals surface area contributed by atoms with Crippen molar-refractivity contribution in [2.24, 2.45) is 0 Å². The number of hydrogen-bond donors (Lipinski definition) is 2. The summed E-state index contributed by atoms with van der Waals surface area (Å²) in [6, 6.07) is 7.43. The predicted molar refractivity (Wildman–Crippen MR) is 57.9 cm³/mol. The van der Waals surface area contributed by atoms with Gasteiger partial charge >= 0.3 is 0 Å². The second-order valence-electron chi connectivity index (χ2n) is 3.76. The van der Waals surface area contributed by atoms with Gasteiger partial charge in [0.1, 0.15) is 12.3 Å². The van der Waals surface area contributed by atoms with E-state index in [1.54, 1.807) is 0 Å². The Morgan fingerprint density at radius 2 is 2.12 bits per heavy atom. The molecule has 86 valence electrons. The highest BCUT2D eigenvalue weighted by Gasteiger charge is 2.31. The quantitative estimate of drug-likeness (QED) is 0.690. The number of fused-ring (bicyclic) bond motifs is 1. The van der Waals surface area contributed by atoms with Crippen molar-refractivity contribution in [2.75, 3.05) is 6.61 Å². The summed E-state index contributed by atoms with van der Waals surface area (Å²) in [4.78, 5) is 22.6. The lowest BCUT2D eigenvalue weighted by atomic mass is 10.1. The fraction of sp³-hybridized carbons (Fsp3) is 0.182. The molecule has 2 aromatic rings. The number of benzene rings is 1. The number of morpholine rings is 1. The van der Waals surface area contributed by atoms with Crippen LogP contribution in [0.2, 0.25) is 0 Å². The summed E-state index contributed by atoms with van der Waals surface area (Å²) >= 11 is 0. The lowest BCUT2D eigenvalue weighted by molar-refractivity contribution is -0.150. The molecule has 1 aromatic heterocycles. The Balaban J connectivity index is 2.04. The molecule has 0 bridgehead atoms. The van der Waals surface area contributed by atoms with Gasteiger partial charge in [-0.15, -0.1) is 0 Å². The molecule has 1 saturated heterocycles. The van der Waals surface area contributed by atoms with Gasteiger partial charge < -0.3 is 4.74 Å². The Kier molecular flexibility index (Phi) is 2.15. The van der Waals surface area contributed by atoms with E-state index >= 15 is 0 Å². The fourth-order valence-corrected chi connectivity index (χ4v) is 1.86. The van der Waals surface area contributed by atoms with E-state index in [0.29, 0.717) is 5.69 Å². The van der Waals surface area contributed by atoms with Crippen LogP contribution in [0.15, 0.2) is 24.3 Å². The molecular formula is C11H9N3O3. The SMILES string of the molecule is O=C1COC(c2n[nH]c3ccccc23)C(=O)N1. The van der Waals surface area contributed by atoms with Gasteiger partial charge in [0.2, 0.25) is 0 Å². The van der Waals surface area contributed by atoms with Gasteiger partial charge in [-0.1, -0.05) is 18.2 Å². The summed E-state index contributed by atoms with van der Waals surface area (Å²) in [7, 11) is 0. The minimum atomic E-state index is -0.830. The molecule has 0 spiro atoms. The van der Waals surface area contributed by atoms with E-state index in [4.69, 9.17) is 4.74 Å². The fourth-order valence-electron chi connectivity index (χ4n) is 1.86. The molecule has 1 aromatic carbocycles. The van der Waals surface area contributed by atoms with E-state index < -0.39 is 17.9 Å². The summed E-state index contributed by atoms with van der Waals surface area (Å²) in [5.74, 6) is -0.899. The maximum Gasteiger partial charge on any atom is 0.262 e. The highest BCUT2D eigenvalue weighted by atomic mass is 16.5. The zero-order chi connectivity index (χ0) is 11.8. The Bertz CT molecular complexity index is 605. The van der Waals surface area contributed by atoms with E-state index in [-0.39, 0.29) is 6.61 Å². The van der Waals surface area contributed by atoms with Crippen LogP contribution in [0.1, 0.15) is 11.8 Å². The largest absolute Gasteiger partial charge is 0.352 e. The van der Waals surface area contributed by atoms with Crippen LogP contribution in [-0.4, -0.2) is 28.6 Å². The predicted octanol–water partition coefficient (Wildman–Crippen LogP) is 0.277. The third-order valence-corrected chi connectivity index (χ3v) is 2.63. The molecule has 0 aliphatic carbocycles. The Morgan fingerprint density at radius 3 is 2.94 bits per heavy atom. The van der Waals surface area contributed by atoms with Crippen molar-refractivity contribution in [1.29, 1.82) is 0 Å². The van der Waals surface area contributed by atoms with Crippen LogP contribution in [0, 0.1) is 0 Å². The molecule has 1 aliphatic heterocycles. The Hall–Kier alpha value is -2.21. The summed E-state index contributed by atoms with van der Waals surface area (Å²) in [6.07, 6.45) is -0.830. The number of aromatic nitrogens is 2. The number of nitrogens with zero attached hydrogens (tertiary/aromatic N) is 1. The average Bonchev–Trinajstić information content (AvgIpc) is 2.73. The second kappa shape index (κ2) is 3.67. The number of para-hydroxylation sites is 1. The Morgan fingerprint density at radius 1 is 1.29 bits per heavy atom. The number of carbonyl (C=O) groups excluding carboxylic acids is 2. The highest BCUT2D eigenvalue weighted by Crippen LogP contribution is 2.25. The van der Waals surface area contributed by atoms with Crippen molar-refractivity contribution >= 4 is 22.7 Å². The van der Waals surface area contributed by atoms with Gasteiger partial charge in [-0.05, 0) is 6.07 Å². The van der Waals surface area contributed by atoms with Crippen molar-refractivity contribution in [2.45, 2.75) is 6.10 Å². The number of rotatable bonds is 1. The first-order chi connectivity index (χ1) is 8.25. The van der Waals surface area contributed by atoms with Crippen LogP contribution in [0.3, 0.4) is 0 Å². The number of ether oxygens (including phenoxy) is 1. The zero-order valence-corrected chi connectivity index (χ0v) is 8.77. The lowest BCUT2D eigenvalue weighted by Crippen LogP contribution is -2.43. The van der Waals surface area contributed by atoms with Crippen LogP contribution < -0.4 is 5.32 Å². The van der Waals surface area contributed by atoms with Gasteiger partial charge in [-0.3, -0.25) is 20.0 Å². The molecule has 6 heteroatoms. The van der Waals surface area contributed by atoms with Gasteiger partial charge in [0.25, 0.3) is 11.8 Å². The first-order valence-electron chi connectivity index (χ1n) is 5.14. The summed E-state index contributed by atoms with van der Waals surface area (Å²) in [6.45, 7) is -0.127. The summed E-state index contributed by atoms with van der Waals surface area (Å²) in [5.41, 5.74) is 1.33. The highest BCUT2D eigenvalue weighted by molar-refractivity contribution is 6.01. The maximum absolute atomic E-state index is 11.6. The van der Waals surface area contributed by atoms with E-state index in [0.717, 1.165) is 10.9 Å². The minimum Gasteiger partial charge on any atom is -0.352 e. The monoisotopic (exact) mass is 231 g/mol. The number of amides is 2. The van der Waals surface area contributed by atoms with E-state index in [9.17, 15) is 9.59 Å². The van der Waals surface area contributed by atoms with Gasteiger partial charge in [-0.2, -0.15) is 5.10 Å². The van der Waals surface area contributed by atoms with Crippen LogP contribution in [0.5, 0.6) is 0 Å². The van der Waals surface area contributed by atoms with Gasteiger partial charge in [0, 0.05) is 5.39 Å². The second-order valence-corrected chi connectivity index (χ2v) is 3.76. The first-order valence-corrected chi connectivity index (χ1v) is 5.14. The molecular weight excluding hydrogens is 222 g/mol. The Labute approximate surface area is 96.0 Å². The molecule has 2 N–H and O–H groups in total. The van der Waals surface area contributed by atoms with Crippen molar-refractivity contribution in [3.63, 3.8) is 0 Å². The maximum atomic E-state index is 11.6. The summed E-state index contributed by atoms with van der Waals surface area (Å²) in [5, 5.41) is 9.94. The van der Waals surface area contributed by atoms with E-state index in [1.165, 1.54) is 0 Å². The van der Waals surface area contributed by atoms with E-state index in [2.05, 4.69) is 15.5 Å². The van der Waals surface area contributed by atoms with Crippen LogP contribution in [0.4, 0.5) is 0 Å². The third-order valence-electron chi connectivity index (χ3n) is 2.63. The number of nitrogens with one attached hydrogen (secondary N) is 2. The number of hydrogen-bond acceptors (Lipinski definition) is 4. The molecule has 1 atom stereocenters. The summed E-state index contributed by atoms with van der Waals surface area (Å²) < 4.78 is 5.21. The van der Waals surface area contributed by atoms with Crippen LogP contribution >= 0.6 is 0 Å². The van der Waals surface area contributed by atoms with Crippen molar-refractivity contribution < 1.29 is 14.3 Å². The molecule has 0 radical (unpaired) electrons. The first kappa shape index (κ1) is 9.98. The molecule has 2 heterocycles. The normalized spacial score (nSPS) is 20.6. The number of H-pyrrole nitrogens is 1. The zero-order valence-electron chi connectivity index (χ0n) is 8.77. The van der Waals surface area contributed by atoms with Crippen molar-refractivity contribution in [3.05, 3.63) is 30.0 Å². The molecule has 1 fully saturated rings. The lowest BCUT2D eigenvalue weighted by Gasteiger charge is -2.19. The molecule has 1 unspecified atom stereocenters. The van der Waals surface area contributed by atoms with Crippen LogP contribution in [-0.2, 0) is 14.3 Å². The molecule has 1 aliphatic rings. The van der Waals surface area contributed by atoms with Crippen LogP contribution in [0.25, 0.3) is 10.9 Å². The number of carbonyl (C=O) groups is 2. The standard InChI is InChI=1S/C11H9N3O3/c15-8-5-17-10(11(16)12-8)9-6-3-1-2-4-7(6)13-14-9/h1-4,10H,5H2,(H,13,14)(H,12,15,16). The van der Waals surface area contributed by atoms with E-state index in [1.807, 2.05) is 24.3 Å². The molecule has 6 nitrogen and oxygen atoms in total. The van der Waals surface area contributed by atoms with Crippen molar-refractivity contribution in [3.8, 4) is 0 Å². The smallest absolute Gasteiger partial charge is 0.262 e. The molecule has 0 saturated carbocycles. The average molecular weight is 231 g/mol. The van der Waals surface area contributed by atoms with Gasteiger partial charge in [-0.25, -0.2) is 0 Å². The third kappa shape index (κ3) is 1.58. The molecule has 17 heavy (non-hydrogen) atoms. The number of imide groups is 1. The minimum absolute atomic E-state index is 0.127. The molecule has 2 amide bonds. The van der Waals surface area contributed by atoms with Crippen molar-refractivity contribution in [1.82, 2.24) is 15.5 Å². The number of aromatic amines is 1. The topological polar surface area (TPSA) is 84.1 Å². The van der Waals surface area contributed by atoms with Gasteiger partial charge in [0.05, 0.1) is 5.52 Å². The molecule has 3 rings (SSSR count).